The molecule has 1 amide bonds. The molecule has 5 nitrogen and oxygen atoms in total. The van der Waals surface area contributed by atoms with E-state index in [1.54, 1.807) is 48.1 Å². The molecule has 0 unspecified atom stereocenters. The zero-order chi connectivity index (χ0) is 17.6. The van der Waals surface area contributed by atoms with Crippen LogP contribution in [0.15, 0.2) is 66.9 Å². The molecule has 0 aliphatic heterocycles. The third-order valence-corrected chi connectivity index (χ3v) is 3.71. The molecule has 0 aliphatic carbocycles. The van der Waals surface area contributed by atoms with Crippen molar-refractivity contribution in [1.29, 1.82) is 0 Å². The number of aromatic nitrogens is 1. The quantitative estimate of drug-likeness (QED) is 0.502. The van der Waals surface area contributed by atoms with E-state index in [4.69, 9.17) is 5.21 Å². The molecule has 3 N–H and O–H groups in total. The number of para-hydroxylation sites is 1. The Bertz CT molecular complexity index is 918. The van der Waals surface area contributed by atoms with Crippen LogP contribution in [0.25, 0.3) is 23.4 Å². The summed E-state index contributed by atoms with van der Waals surface area (Å²) < 4.78 is 0. The summed E-state index contributed by atoms with van der Waals surface area (Å²) in [5.41, 5.74) is 5.20. The fourth-order valence-corrected chi connectivity index (χ4v) is 2.39. The number of aromatic hydroxyl groups is 1. The number of nitrogens with one attached hydrogen (secondary N) is 1. The first-order chi connectivity index (χ1) is 12.2. The number of carbonyl (C=O) groups excluding carboxylic acids is 1. The maximum Gasteiger partial charge on any atom is 0.274 e. The number of hydrogen-bond acceptors (Lipinski definition) is 4. The number of amides is 1. The van der Waals surface area contributed by atoms with Crippen LogP contribution in [0, 0.1) is 0 Å². The van der Waals surface area contributed by atoms with Crippen LogP contribution in [-0.2, 0) is 0 Å². The number of carbonyl (C=O) groups is 1. The molecule has 0 saturated carbocycles. The zero-order valence-electron chi connectivity index (χ0n) is 13.3. The standard InChI is InChI=1S/C20H16N2O3/c23-19-4-2-1-3-17(19)18-13-15(11-12-21-18)6-5-14-7-9-16(10-8-14)20(24)22-25/h1-13,23,25H,(H,22,24)/b6-5+. The van der Waals surface area contributed by atoms with E-state index >= 15 is 0 Å². The summed E-state index contributed by atoms with van der Waals surface area (Å²) in [4.78, 5) is 15.6. The van der Waals surface area contributed by atoms with Crippen molar-refractivity contribution in [2.45, 2.75) is 0 Å². The number of hydrogen-bond donors (Lipinski definition) is 3. The van der Waals surface area contributed by atoms with Gasteiger partial charge in [-0.25, -0.2) is 5.48 Å². The predicted molar refractivity (Wildman–Crippen MR) is 96.0 cm³/mol. The van der Waals surface area contributed by atoms with Gasteiger partial charge in [-0.2, -0.15) is 0 Å². The van der Waals surface area contributed by atoms with Crippen LogP contribution in [0.3, 0.4) is 0 Å². The number of hydroxylamine groups is 1. The lowest BCUT2D eigenvalue weighted by atomic mass is 10.1. The van der Waals surface area contributed by atoms with E-state index in [0.717, 1.165) is 11.1 Å². The number of pyridine rings is 1. The highest BCUT2D eigenvalue weighted by atomic mass is 16.5. The van der Waals surface area contributed by atoms with Crippen LogP contribution in [0.4, 0.5) is 0 Å². The second-order valence-corrected chi connectivity index (χ2v) is 5.39. The Morgan fingerprint density at radius 2 is 1.68 bits per heavy atom. The molecule has 0 bridgehead atoms. The Labute approximate surface area is 144 Å². The number of rotatable bonds is 4. The zero-order valence-corrected chi connectivity index (χ0v) is 13.3. The maximum absolute atomic E-state index is 11.3. The van der Waals surface area contributed by atoms with Gasteiger partial charge in [0.2, 0.25) is 0 Å². The summed E-state index contributed by atoms with van der Waals surface area (Å²) in [5, 5.41) is 18.6. The molecule has 3 aromatic rings. The van der Waals surface area contributed by atoms with Crippen molar-refractivity contribution in [1.82, 2.24) is 10.5 Å². The number of phenols is 1. The fraction of sp³-hybridized carbons (Fsp3) is 0. The first-order valence-electron chi connectivity index (χ1n) is 7.64. The molecular formula is C20H16N2O3. The molecule has 1 aromatic heterocycles. The Balaban J connectivity index is 1.81. The Hall–Kier alpha value is -3.44. The van der Waals surface area contributed by atoms with Crippen molar-refractivity contribution in [2.24, 2.45) is 0 Å². The minimum Gasteiger partial charge on any atom is -0.507 e. The van der Waals surface area contributed by atoms with E-state index in [1.165, 1.54) is 0 Å². The Morgan fingerprint density at radius 3 is 2.40 bits per heavy atom. The van der Waals surface area contributed by atoms with Gasteiger partial charge in [0.05, 0.1) is 5.69 Å². The van der Waals surface area contributed by atoms with Gasteiger partial charge in [0.1, 0.15) is 5.75 Å². The lowest BCUT2D eigenvalue weighted by Crippen LogP contribution is -2.18. The Kier molecular flexibility index (Phi) is 4.87. The number of phenolic OH excluding ortho intramolecular Hbond substituents is 1. The molecule has 0 saturated heterocycles. The minimum absolute atomic E-state index is 0.189. The van der Waals surface area contributed by atoms with E-state index in [9.17, 15) is 9.90 Å². The molecular weight excluding hydrogens is 316 g/mol. The summed E-state index contributed by atoms with van der Waals surface area (Å²) in [6, 6.07) is 17.6. The van der Waals surface area contributed by atoms with Gasteiger partial charge in [-0.05, 0) is 47.5 Å². The molecule has 1 heterocycles. The molecule has 0 fully saturated rings. The van der Waals surface area contributed by atoms with Gasteiger partial charge in [0, 0.05) is 17.3 Å². The van der Waals surface area contributed by atoms with Crippen molar-refractivity contribution in [3.63, 3.8) is 0 Å². The number of nitrogens with zero attached hydrogens (tertiary/aromatic N) is 1. The van der Waals surface area contributed by atoms with E-state index in [1.807, 2.05) is 36.4 Å². The van der Waals surface area contributed by atoms with Gasteiger partial charge < -0.3 is 5.11 Å². The average Bonchev–Trinajstić information content (AvgIpc) is 2.67. The molecule has 0 spiro atoms. The average molecular weight is 332 g/mol. The van der Waals surface area contributed by atoms with Crippen LogP contribution < -0.4 is 5.48 Å². The highest BCUT2D eigenvalue weighted by Crippen LogP contribution is 2.27. The summed E-state index contributed by atoms with van der Waals surface area (Å²) in [6.07, 6.45) is 5.52. The van der Waals surface area contributed by atoms with Gasteiger partial charge in [-0.1, -0.05) is 36.4 Å². The van der Waals surface area contributed by atoms with Crippen molar-refractivity contribution in [3.8, 4) is 17.0 Å². The van der Waals surface area contributed by atoms with Crippen LogP contribution >= 0.6 is 0 Å². The van der Waals surface area contributed by atoms with Gasteiger partial charge in [-0.15, -0.1) is 0 Å². The lowest BCUT2D eigenvalue weighted by Gasteiger charge is -2.04. The molecule has 2 aromatic carbocycles. The minimum atomic E-state index is -0.544. The smallest absolute Gasteiger partial charge is 0.274 e. The summed E-state index contributed by atoms with van der Waals surface area (Å²) in [7, 11) is 0. The molecule has 124 valence electrons. The molecule has 25 heavy (non-hydrogen) atoms. The third-order valence-electron chi connectivity index (χ3n) is 3.71. The highest BCUT2D eigenvalue weighted by Gasteiger charge is 2.05. The van der Waals surface area contributed by atoms with Crippen molar-refractivity contribution >= 4 is 18.1 Å². The maximum atomic E-state index is 11.3. The van der Waals surface area contributed by atoms with Gasteiger partial charge in [0.15, 0.2) is 0 Å². The van der Waals surface area contributed by atoms with Crippen molar-refractivity contribution in [2.75, 3.05) is 0 Å². The first kappa shape index (κ1) is 16.4. The molecule has 0 radical (unpaired) electrons. The van der Waals surface area contributed by atoms with Crippen molar-refractivity contribution in [3.05, 3.63) is 83.6 Å². The van der Waals surface area contributed by atoms with Crippen molar-refractivity contribution < 1.29 is 15.1 Å². The summed E-state index contributed by atoms with van der Waals surface area (Å²) in [5.74, 6) is -0.356. The fourth-order valence-electron chi connectivity index (χ4n) is 2.39. The van der Waals surface area contributed by atoms with E-state index in [0.29, 0.717) is 16.8 Å². The topological polar surface area (TPSA) is 82.5 Å². The van der Waals surface area contributed by atoms with Gasteiger partial charge in [-0.3, -0.25) is 15.0 Å². The molecule has 0 atom stereocenters. The summed E-state index contributed by atoms with van der Waals surface area (Å²) in [6.45, 7) is 0. The third kappa shape index (κ3) is 3.91. The van der Waals surface area contributed by atoms with Gasteiger partial charge in [0.25, 0.3) is 5.91 Å². The van der Waals surface area contributed by atoms with Crippen LogP contribution in [0.5, 0.6) is 5.75 Å². The number of benzene rings is 2. The largest absolute Gasteiger partial charge is 0.507 e. The van der Waals surface area contributed by atoms with E-state index < -0.39 is 5.91 Å². The molecule has 0 aliphatic rings. The van der Waals surface area contributed by atoms with Gasteiger partial charge >= 0.3 is 0 Å². The monoisotopic (exact) mass is 332 g/mol. The Morgan fingerprint density at radius 1 is 0.960 bits per heavy atom. The SMILES string of the molecule is O=C(NO)c1ccc(/C=C/c2ccnc(-c3ccccc3O)c2)cc1. The second kappa shape index (κ2) is 7.42. The van der Waals surface area contributed by atoms with Crippen LogP contribution in [0.1, 0.15) is 21.5 Å². The van der Waals surface area contributed by atoms with Crippen LogP contribution in [0.2, 0.25) is 0 Å². The normalized spacial score (nSPS) is 10.8. The lowest BCUT2D eigenvalue weighted by molar-refractivity contribution is 0.0706. The predicted octanol–water partition coefficient (Wildman–Crippen LogP) is 3.74. The summed E-state index contributed by atoms with van der Waals surface area (Å²) >= 11 is 0. The van der Waals surface area contributed by atoms with E-state index in [2.05, 4.69) is 4.98 Å². The highest BCUT2D eigenvalue weighted by molar-refractivity contribution is 5.93. The molecule has 5 heteroatoms. The van der Waals surface area contributed by atoms with E-state index in [-0.39, 0.29) is 5.75 Å². The second-order valence-electron chi connectivity index (χ2n) is 5.39. The van der Waals surface area contributed by atoms with Crippen LogP contribution in [-0.4, -0.2) is 21.2 Å². The first-order valence-corrected chi connectivity index (χ1v) is 7.64. The molecule has 3 rings (SSSR count).